The van der Waals surface area contributed by atoms with Gasteiger partial charge < -0.3 is 10.1 Å². The second-order valence-electron chi connectivity index (χ2n) is 8.34. The van der Waals surface area contributed by atoms with Gasteiger partial charge in [0, 0.05) is 0 Å². The van der Waals surface area contributed by atoms with Gasteiger partial charge in [-0.1, -0.05) is 71.0 Å². The van der Waals surface area contributed by atoms with E-state index in [1.54, 1.807) is 0 Å². The fourth-order valence-electron chi connectivity index (χ4n) is 2.90. The largest absolute Gasteiger partial charge is 0.483 e. The first-order valence-electron chi connectivity index (χ1n) is 9.44. The Morgan fingerprint density at radius 1 is 1.11 bits per heavy atom. The second kappa shape index (κ2) is 9.41. The Morgan fingerprint density at radius 2 is 1.78 bits per heavy atom. The highest BCUT2D eigenvalue weighted by molar-refractivity contribution is 9.10. The Kier molecular flexibility index (Phi) is 7.49. The van der Waals surface area contributed by atoms with Crippen LogP contribution in [0.1, 0.15) is 58.2 Å². The third kappa shape index (κ3) is 6.69. The molecular formula is C23H30BrNO2. The van der Waals surface area contributed by atoms with E-state index in [1.165, 1.54) is 5.56 Å². The molecule has 1 N–H and O–H groups in total. The maximum absolute atomic E-state index is 12.5. The van der Waals surface area contributed by atoms with Gasteiger partial charge in [0.1, 0.15) is 5.75 Å². The molecule has 2 aromatic rings. The summed E-state index contributed by atoms with van der Waals surface area (Å²) in [7, 11) is 0. The molecule has 0 fully saturated rings. The van der Waals surface area contributed by atoms with E-state index in [0.29, 0.717) is 11.7 Å². The summed E-state index contributed by atoms with van der Waals surface area (Å²) in [5.41, 5.74) is 2.40. The molecule has 27 heavy (non-hydrogen) atoms. The van der Waals surface area contributed by atoms with Gasteiger partial charge in [-0.25, -0.2) is 0 Å². The van der Waals surface area contributed by atoms with Crippen LogP contribution in [0.2, 0.25) is 0 Å². The first-order valence-corrected chi connectivity index (χ1v) is 10.2. The lowest BCUT2D eigenvalue weighted by Crippen LogP contribution is -2.33. The third-order valence-electron chi connectivity index (χ3n) is 4.40. The number of ether oxygens (including phenoxy) is 1. The van der Waals surface area contributed by atoms with Crippen molar-refractivity contribution in [3.05, 3.63) is 64.1 Å². The quantitative estimate of drug-likeness (QED) is 0.580. The summed E-state index contributed by atoms with van der Waals surface area (Å²) < 4.78 is 6.61. The van der Waals surface area contributed by atoms with Crippen LogP contribution >= 0.6 is 15.9 Å². The first-order chi connectivity index (χ1) is 12.7. The van der Waals surface area contributed by atoms with Crippen molar-refractivity contribution < 1.29 is 9.53 Å². The number of hydrogen-bond acceptors (Lipinski definition) is 2. The van der Waals surface area contributed by atoms with Crippen LogP contribution in [-0.2, 0) is 10.2 Å². The molecule has 2 aromatic carbocycles. The van der Waals surface area contributed by atoms with Crippen molar-refractivity contribution in [1.82, 2.24) is 5.32 Å². The molecule has 0 saturated heterocycles. The third-order valence-corrected chi connectivity index (χ3v) is 5.02. The minimum atomic E-state index is -0.115. The molecule has 0 heterocycles. The van der Waals surface area contributed by atoms with Gasteiger partial charge in [-0.05, 0) is 56.9 Å². The number of benzene rings is 2. The lowest BCUT2D eigenvalue weighted by Gasteiger charge is -2.22. The molecule has 1 amide bonds. The molecule has 0 radical (unpaired) electrons. The Morgan fingerprint density at radius 3 is 2.33 bits per heavy atom. The molecule has 3 nitrogen and oxygen atoms in total. The van der Waals surface area contributed by atoms with Crippen molar-refractivity contribution in [1.29, 1.82) is 0 Å². The topological polar surface area (TPSA) is 38.3 Å². The predicted molar refractivity (Wildman–Crippen MR) is 115 cm³/mol. The lowest BCUT2D eigenvalue weighted by atomic mass is 9.87. The molecule has 4 heteroatoms. The Balaban J connectivity index is 2.00. The highest BCUT2D eigenvalue weighted by atomic mass is 79.9. The number of rotatable bonds is 7. The summed E-state index contributed by atoms with van der Waals surface area (Å²) >= 11 is 3.55. The van der Waals surface area contributed by atoms with E-state index in [9.17, 15) is 4.79 Å². The monoisotopic (exact) mass is 431 g/mol. The average Bonchev–Trinajstić information content (AvgIpc) is 2.59. The van der Waals surface area contributed by atoms with Gasteiger partial charge >= 0.3 is 0 Å². The molecule has 0 aliphatic carbocycles. The fraction of sp³-hybridized carbons (Fsp3) is 0.435. The average molecular weight is 432 g/mol. The zero-order valence-electron chi connectivity index (χ0n) is 16.9. The van der Waals surface area contributed by atoms with Gasteiger partial charge in [0.25, 0.3) is 5.91 Å². The maximum Gasteiger partial charge on any atom is 0.258 e. The zero-order chi connectivity index (χ0) is 20.0. The van der Waals surface area contributed by atoms with Crippen molar-refractivity contribution in [3.8, 4) is 5.75 Å². The van der Waals surface area contributed by atoms with Crippen LogP contribution in [0.5, 0.6) is 5.75 Å². The normalized spacial score (nSPS) is 12.7. The number of hydrogen-bond donors (Lipinski definition) is 1. The van der Waals surface area contributed by atoms with Crippen molar-refractivity contribution in [2.75, 3.05) is 6.61 Å². The van der Waals surface area contributed by atoms with Crippen LogP contribution in [0, 0.1) is 5.92 Å². The number of halogens is 1. The predicted octanol–water partition coefficient (Wildman–Crippen LogP) is 6.03. The van der Waals surface area contributed by atoms with Gasteiger partial charge in [0.2, 0.25) is 0 Å². The van der Waals surface area contributed by atoms with Crippen LogP contribution in [0.3, 0.4) is 0 Å². The molecule has 0 spiro atoms. The van der Waals surface area contributed by atoms with E-state index >= 15 is 0 Å². The zero-order valence-corrected chi connectivity index (χ0v) is 18.5. The highest BCUT2D eigenvalue weighted by Gasteiger charge is 2.18. The van der Waals surface area contributed by atoms with Crippen molar-refractivity contribution >= 4 is 21.8 Å². The summed E-state index contributed by atoms with van der Waals surface area (Å²) in [4.78, 5) is 12.5. The molecule has 146 valence electrons. The van der Waals surface area contributed by atoms with E-state index in [-0.39, 0.29) is 24.0 Å². The molecular weight excluding hydrogens is 402 g/mol. The summed E-state index contributed by atoms with van der Waals surface area (Å²) in [6, 6.07) is 16.1. The SMILES string of the molecule is CC(C)C[C@@H](NC(=O)COc1ccc(C(C)(C)C)cc1Br)c1ccccc1. The Hall–Kier alpha value is -1.81. The van der Waals surface area contributed by atoms with Crippen molar-refractivity contribution in [3.63, 3.8) is 0 Å². The van der Waals surface area contributed by atoms with E-state index < -0.39 is 0 Å². The van der Waals surface area contributed by atoms with Crippen LogP contribution in [0.4, 0.5) is 0 Å². The Labute approximate surface area is 171 Å². The molecule has 1 atom stereocenters. The van der Waals surface area contributed by atoms with Gasteiger partial charge in [0.15, 0.2) is 6.61 Å². The number of nitrogens with one attached hydrogen (secondary N) is 1. The van der Waals surface area contributed by atoms with Crippen LogP contribution in [-0.4, -0.2) is 12.5 Å². The fourth-order valence-corrected chi connectivity index (χ4v) is 3.39. The Bertz CT molecular complexity index is 751. The summed E-state index contributed by atoms with van der Waals surface area (Å²) in [6.07, 6.45) is 0.889. The molecule has 0 bridgehead atoms. The maximum atomic E-state index is 12.5. The van der Waals surface area contributed by atoms with E-state index in [2.05, 4.69) is 74.1 Å². The van der Waals surface area contributed by atoms with E-state index in [1.807, 2.05) is 30.3 Å². The first kappa shape index (κ1) is 21.5. The van der Waals surface area contributed by atoms with Gasteiger partial charge in [-0.3, -0.25) is 4.79 Å². The number of amides is 1. The molecule has 0 aliphatic rings. The van der Waals surface area contributed by atoms with E-state index in [0.717, 1.165) is 16.5 Å². The van der Waals surface area contributed by atoms with Crippen LogP contribution in [0.15, 0.2) is 53.0 Å². The van der Waals surface area contributed by atoms with E-state index in [4.69, 9.17) is 4.74 Å². The summed E-state index contributed by atoms with van der Waals surface area (Å²) in [5.74, 6) is 1.05. The van der Waals surface area contributed by atoms with Gasteiger partial charge in [-0.15, -0.1) is 0 Å². The number of carbonyl (C=O) groups is 1. The summed E-state index contributed by atoms with van der Waals surface area (Å²) in [5, 5.41) is 3.11. The highest BCUT2D eigenvalue weighted by Crippen LogP contribution is 2.31. The van der Waals surface area contributed by atoms with Crippen LogP contribution in [0.25, 0.3) is 0 Å². The molecule has 0 unspecified atom stereocenters. The second-order valence-corrected chi connectivity index (χ2v) is 9.20. The standard InChI is InChI=1S/C23H30BrNO2/c1-16(2)13-20(17-9-7-6-8-10-17)25-22(26)15-27-21-12-11-18(14-19(21)24)23(3,4)5/h6-12,14,16,20H,13,15H2,1-5H3,(H,25,26)/t20-/m1/s1. The van der Waals surface area contributed by atoms with Crippen molar-refractivity contribution in [2.24, 2.45) is 5.92 Å². The van der Waals surface area contributed by atoms with Crippen LogP contribution < -0.4 is 10.1 Å². The summed E-state index contributed by atoms with van der Waals surface area (Å²) in [6.45, 7) is 10.8. The van der Waals surface area contributed by atoms with Crippen molar-refractivity contribution in [2.45, 2.75) is 52.5 Å². The van der Waals surface area contributed by atoms with Gasteiger partial charge in [-0.2, -0.15) is 0 Å². The molecule has 0 aliphatic heterocycles. The molecule has 2 rings (SSSR count). The minimum Gasteiger partial charge on any atom is -0.483 e. The molecule has 0 saturated carbocycles. The lowest BCUT2D eigenvalue weighted by molar-refractivity contribution is -0.124. The van der Waals surface area contributed by atoms with Gasteiger partial charge in [0.05, 0.1) is 10.5 Å². The minimum absolute atomic E-state index is 0.00507. The smallest absolute Gasteiger partial charge is 0.258 e. The molecule has 0 aromatic heterocycles. The number of carbonyl (C=O) groups excluding carboxylic acids is 1.